The number of hydrogen-bond donors (Lipinski definition) is 1. The minimum absolute atomic E-state index is 0.418. The number of nitro benzene ring substituents is 2. The predicted octanol–water partition coefficient (Wildman–Crippen LogP) is 3.10. The molecule has 2 aromatic rings. The van der Waals surface area contributed by atoms with Crippen LogP contribution in [0.15, 0.2) is 45.8 Å². The summed E-state index contributed by atoms with van der Waals surface area (Å²) in [6.45, 7) is 0. The topological polar surface area (TPSA) is 132 Å². The Morgan fingerprint density at radius 2 is 1.78 bits per heavy atom. The summed E-state index contributed by atoms with van der Waals surface area (Å²) in [5, 5.41) is 22.0. The minimum atomic E-state index is -4.21. The van der Waals surface area contributed by atoms with Gasteiger partial charge in [-0.15, -0.1) is 0 Å². The molecule has 0 spiro atoms. The van der Waals surface area contributed by atoms with Gasteiger partial charge in [-0.1, -0.05) is 22.0 Å². The van der Waals surface area contributed by atoms with Crippen molar-refractivity contribution >= 4 is 37.3 Å². The van der Waals surface area contributed by atoms with Crippen LogP contribution in [-0.2, 0) is 22.9 Å². The molecule has 11 heteroatoms. The average molecular weight is 456 g/mol. The maximum absolute atomic E-state index is 12.7. The van der Waals surface area contributed by atoms with Crippen LogP contribution in [0.4, 0.5) is 11.4 Å². The number of non-ortho nitro benzene ring substituents is 1. The molecule has 1 aliphatic rings. The summed E-state index contributed by atoms with van der Waals surface area (Å²) < 4.78 is 28.8. The summed E-state index contributed by atoms with van der Waals surface area (Å²) in [6.07, 6.45) is 1.68. The van der Waals surface area contributed by atoms with Gasteiger partial charge >= 0.3 is 0 Å². The fourth-order valence-corrected chi connectivity index (χ4v) is 4.93. The molecule has 0 aliphatic heterocycles. The highest BCUT2D eigenvalue weighted by Crippen LogP contribution is 2.30. The number of nitrogens with one attached hydrogen (secondary N) is 1. The third-order valence-corrected chi connectivity index (χ3v) is 6.42. The molecule has 1 aliphatic carbocycles. The lowest BCUT2D eigenvalue weighted by Gasteiger charge is -2.25. The van der Waals surface area contributed by atoms with Crippen molar-refractivity contribution in [3.05, 3.63) is 72.2 Å². The molecule has 2 aromatic carbocycles. The van der Waals surface area contributed by atoms with Gasteiger partial charge in [0, 0.05) is 16.6 Å². The van der Waals surface area contributed by atoms with Gasteiger partial charge in [0.2, 0.25) is 10.0 Å². The van der Waals surface area contributed by atoms with Crippen LogP contribution >= 0.6 is 15.9 Å². The van der Waals surface area contributed by atoms with Crippen LogP contribution in [0.2, 0.25) is 0 Å². The summed E-state index contributed by atoms with van der Waals surface area (Å²) in [6, 6.07) is 7.84. The molecule has 0 saturated carbocycles. The Labute approximate surface area is 162 Å². The summed E-state index contributed by atoms with van der Waals surface area (Å²) in [5.41, 5.74) is 0.770. The van der Waals surface area contributed by atoms with Gasteiger partial charge in [0.1, 0.15) is 0 Å². The maximum atomic E-state index is 12.7. The number of nitrogens with zero attached hydrogens (tertiary/aromatic N) is 2. The molecule has 0 fully saturated rings. The summed E-state index contributed by atoms with van der Waals surface area (Å²) in [5.74, 6) is 0. The van der Waals surface area contributed by atoms with E-state index in [1.165, 1.54) is 0 Å². The van der Waals surface area contributed by atoms with Crippen molar-refractivity contribution in [3.8, 4) is 0 Å². The average Bonchev–Trinajstić information content (AvgIpc) is 2.61. The van der Waals surface area contributed by atoms with Crippen molar-refractivity contribution in [2.45, 2.75) is 30.2 Å². The maximum Gasteiger partial charge on any atom is 0.296 e. The molecule has 142 valence electrons. The number of hydrogen-bond acceptors (Lipinski definition) is 6. The van der Waals surface area contributed by atoms with Gasteiger partial charge < -0.3 is 0 Å². The molecular formula is C16H14BrN3O6S. The van der Waals surface area contributed by atoms with Crippen LogP contribution in [0.1, 0.15) is 17.5 Å². The van der Waals surface area contributed by atoms with Gasteiger partial charge in [-0.25, -0.2) is 13.1 Å². The van der Waals surface area contributed by atoms with E-state index in [9.17, 15) is 28.6 Å². The zero-order chi connectivity index (χ0) is 19.8. The van der Waals surface area contributed by atoms with E-state index in [1.807, 2.05) is 18.2 Å². The van der Waals surface area contributed by atoms with E-state index in [-0.39, 0.29) is 0 Å². The van der Waals surface area contributed by atoms with E-state index in [1.54, 1.807) is 0 Å². The Bertz CT molecular complexity index is 1040. The zero-order valence-electron chi connectivity index (χ0n) is 13.8. The number of aryl methyl sites for hydroxylation is 1. The molecule has 0 saturated heterocycles. The number of rotatable bonds is 5. The molecule has 9 nitrogen and oxygen atoms in total. The molecule has 0 amide bonds. The second kappa shape index (κ2) is 7.33. The van der Waals surface area contributed by atoms with Crippen LogP contribution in [0.25, 0.3) is 0 Å². The van der Waals surface area contributed by atoms with Crippen LogP contribution in [-0.4, -0.2) is 24.3 Å². The molecule has 3 rings (SSSR count). The summed E-state index contributed by atoms with van der Waals surface area (Å²) in [7, 11) is -4.21. The van der Waals surface area contributed by atoms with E-state index in [4.69, 9.17) is 0 Å². The highest BCUT2D eigenvalue weighted by atomic mass is 79.9. The van der Waals surface area contributed by atoms with Crippen molar-refractivity contribution in [2.75, 3.05) is 0 Å². The first-order valence-corrected chi connectivity index (χ1v) is 10.2. The van der Waals surface area contributed by atoms with Crippen molar-refractivity contribution in [1.82, 2.24) is 4.72 Å². The molecule has 27 heavy (non-hydrogen) atoms. The SMILES string of the molecule is O=[N+]([O-])c1ccc(S(=O)(=O)N[C@H]2CCc3cc(Br)ccc3C2)c([N+](=O)[O-])c1. The lowest BCUT2D eigenvalue weighted by molar-refractivity contribution is -0.396. The molecule has 0 heterocycles. The smallest absolute Gasteiger partial charge is 0.258 e. The Morgan fingerprint density at radius 1 is 1.04 bits per heavy atom. The standard InChI is InChI=1S/C16H14BrN3O6S/c17-12-3-1-11-8-13(4-2-10(11)7-12)18-27(25,26)16-6-5-14(19(21)22)9-15(16)20(23)24/h1,3,5-7,9,13,18H,2,4,8H2/t13-/m0/s1. The number of fused-ring (bicyclic) bond motifs is 1. The van der Waals surface area contributed by atoms with Crippen molar-refractivity contribution < 1.29 is 18.3 Å². The van der Waals surface area contributed by atoms with E-state index in [2.05, 4.69) is 20.7 Å². The number of nitro groups is 2. The monoisotopic (exact) mass is 455 g/mol. The normalized spacial score (nSPS) is 16.6. The van der Waals surface area contributed by atoms with Gasteiger partial charge in [0.25, 0.3) is 11.4 Å². The number of sulfonamides is 1. The second-order valence-electron chi connectivity index (χ2n) is 6.14. The number of halogens is 1. The molecule has 0 unspecified atom stereocenters. The highest BCUT2D eigenvalue weighted by Gasteiger charge is 2.31. The van der Waals surface area contributed by atoms with E-state index in [0.717, 1.165) is 27.7 Å². The van der Waals surface area contributed by atoms with E-state index in [0.29, 0.717) is 25.3 Å². The zero-order valence-corrected chi connectivity index (χ0v) is 16.2. The molecule has 0 radical (unpaired) electrons. The third kappa shape index (κ3) is 4.15. The largest absolute Gasteiger partial charge is 0.296 e. The Hall–Kier alpha value is -2.37. The van der Waals surface area contributed by atoms with Crippen molar-refractivity contribution in [3.63, 3.8) is 0 Å². The van der Waals surface area contributed by atoms with Gasteiger partial charge in [-0.2, -0.15) is 0 Å². The molecule has 1 N–H and O–H groups in total. The van der Waals surface area contributed by atoms with E-state index >= 15 is 0 Å². The van der Waals surface area contributed by atoms with Gasteiger partial charge in [-0.3, -0.25) is 20.2 Å². The second-order valence-corrected chi connectivity index (χ2v) is 8.74. The molecule has 1 atom stereocenters. The van der Waals surface area contributed by atoms with E-state index < -0.39 is 42.2 Å². The van der Waals surface area contributed by atoms with Crippen molar-refractivity contribution in [2.24, 2.45) is 0 Å². The first kappa shape index (κ1) is 19.4. The Kier molecular flexibility index (Phi) is 5.27. The molecule has 0 bridgehead atoms. The fourth-order valence-electron chi connectivity index (χ4n) is 3.10. The molecule has 0 aromatic heterocycles. The lowest BCUT2D eigenvalue weighted by atomic mass is 9.89. The van der Waals surface area contributed by atoms with Crippen molar-refractivity contribution in [1.29, 1.82) is 0 Å². The number of benzene rings is 2. The van der Waals surface area contributed by atoms with Gasteiger partial charge in [-0.05, 0) is 48.6 Å². The van der Waals surface area contributed by atoms with Gasteiger partial charge in [0.15, 0.2) is 4.90 Å². The first-order chi connectivity index (χ1) is 12.7. The van der Waals surface area contributed by atoms with Crippen LogP contribution in [0.5, 0.6) is 0 Å². The summed E-state index contributed by atoms with van der Waals surface area (Å²) >= 11 is 3.40. The fraction of sp³-hybridized carbons (Fsp3) is 0.250. The Balaban J connectivity index is 1.88. The quantitative estimate of drug-likeness (QED) is 0.543. The van der Waals surface area contributed by atoms with Crippen LogP contribution < -0.4 is 4.72 Å². The van der Waals surface area contributed by atoms with Crippen LogP contribution in [0.3, 0.4) is 0 Å². The van der Waals surface area contributed by atoms with Crippen LogP contribution in [0, 0.1) is 20.2 Å². The molecular weight excluding hydrogens is 442 g/mol. The lowest BCUT2D eigenvalue weighted by Crippen LogP contribution is -2.39. The van der Waals surface area contributed by atoms with Gasteiger partial charge in [0.05, 0.1) is 15.9 Å². The Morgan fingerprint density at radius 3 is 2.44 bits per heavy atom. The minimum Gasteiger partial charge on any atom is -0.258 e. The first-order valence-electron chi connectivity index (χ1n) is 7.90. The highest BCUT2D eigenvalue weighted by molar-refractivity contribution is 9.10. The predicted molar refractivity (Wildman–Crippen MR) is 100 cm³/mol. The third-order valence-electron chi connectivity index (χ3n) is 4.36. The summed E-state index contributed by atoms with van der Waals surface area (Å²) in [4.78, 5) is 19.7.